The van der Waals surface area contributed by atoms with Gasteiger partial charge in [-0.25, -0.2) is 0 Å². The molecule has 0 aromatic heterocycles. The van der Waals surface area contributed by atoms with E-state index in [1.165, 1.54) is 0 Å². The van der Waals surface area contributed by atoms with Crippen LogP contribution in [0.25, 0.3) is 11.1 Å². The normalized spacial score (nSPS) is 10.1. The van der Waals surface area contributed by atoms with Gasteiger partial charge in [0, 0.05) is 15.6 Å². The highest BCUT2D eigenvalue weighted by atomic mass is 35.5. The fourth-order valence-electron chi connectivity index (χ4n) is 1.30. The summed E-state index contributed by atoms with van der Waals surface area (Å²) in [7, 11) is 0. The molecule has 0 amide bonds. The number of halogens is 2. The Morgan fingerprint density at radius 2 is 1.57 bits per heavy atom. The minimum Gasteiger partial charge on any atom is -0.0836 e. The third kappa shape index (κ3) is 1.77. The van der Waals surface area contributed by atoms with Crippen LogP contribution in [0, 0.1) is 6.07 Å². The van der Waals surface area contributed by atoms with Crippen molar-refractivity contribution in [3.05, 3.63) is 58.6 Å². The molecule has 0 aliphatic heterocycles. The smallest absolute Gasteiger partial charge is 0.0499 e. The molecule has 0 unspecified atom stereocenters. The van der Waals surface area contributed by atoms with Gasteiger partial charge in [0.05, 0.1) is 0 Å². The minimum absolute atomic E-state index is 0.653. The fraction of sp³-hybridized carbons (Fsp3) is 0. The third-order valence-corrected chi connectivity index (χ3v) is 2.57. The second-order valence-corrected chi connectivity index (χ2v) is 3.69. The summed E-state index contributed by atoms with van der Waals surface area (Å²) in [6.07, 6.45) is 0. The number of benzene rings is 2. The van der Waals surface area contributed by atoms with Crippen LogP contribution in [0.2, 0.25) is 10.0 Å². The maximum Gasteiger partial charge on any atom is 0.0499 e. The molecule has 69 valence electrons. The molecule has 2 rings (SSSR count). The first kappa shape index (κ1) is 9.57. The lowest BCUT2D eigenvalue weighted by molar-refractivity contribution is 1.61. The van der Waals surface area contributed by atoms with Crippen LogP contribution in [0.1, 0.15) is 0 Å². The Morgan fingerprint density at radius 1 is 0.857 bits per heavy atom. The first-order valence-corrected chi connectivity index (χ1v) is 4.96. The minimum atomic E-state index is 0.653. The zero-order valence-electron chi connectivity index (χ0n) is 7.30. The van der Waals surface area contributed by atoms with Gasteiger partial charge in [-0.05, 0) is 23.8 Å². The van der Waals surface area contributed by atoms with Gasteiger partial charge < -0.3 is 0 Å². The Bertz CT molecular complexity index is 415. The summed E-state index contributed by atoms with van der Waals surface area (Å²) in [5.41, 5.74) is 1.76. The van der Waals surface area contributed by atoms with Crippen molar-refractivity contribution < 1.29 is 0 Å². The molecule has 2 aromatic rings. The zero-order chi connectivity index (χ0) is 9.97. The average Bonchev–Trinajstić information content (AvgIpc) is 2.19. The van der Waals surface area contributed by atoms with E-state index in [4.69, 9.17) is 23.2 Å². The van der Waals surface area contributed by atoms with Crippen LogP contribution in [0.3, 0.4) is 0 Å². The van der Waals surface area contributed by atoms with E-state index in [1.807, 2.05) is 42.5 Å². The molecule has 0 aliphatic rings. The molecule has 0 heterocycles. The van der Waals surface area contributed by atoms with Crippen LogP contribution in [-0.2, 0) is 0 Å². The quantitative estimate of drug-likeness (QED) is 0.668. The topological polar surface area (TPSA) is 0 Å². The van der Waals surface area contributed by atoms with Crippen molar-refractivity contribution in [1.29, 1.82) is 0 Å². The highest BCUT2D eigenvalue weighted by molar-refractivity contribution is 6.39. The van der Waals surface area contributed by atoms with Crippen molar-refractivity contribution in [2.75, 3.05) is 0 Å². The molecule has 0 aliphatic carbocycles. The largest absolute Gasteiger partial charge is 0.0836 e. The molecular formula is C12H7Cl2. The average molecular weight is 222 g/mol. The van der Waals surface area contributed by atoms with Crippen molar-refractivity contribution in [1.82, 2.24) is 0 Å². The summed E-state index contributed by atoms with van der Waals surface area (Å²) in [6.45, 7) is 0. The van der Waals surface area contributed by atoms with Crippen molar-refractivity contribution in [2.45, 2.75) is 0 Å². The first-order chi connectivity index (χ1) is 6.79. The molecule has 0 nitrogen and oxygen atoms in total. The lowest BCUT2D eigenvalue weighted by atomic mass is 10.1. The molecule has 0 saturated carbocycles. The van der Waals surface area contributed by atoms with Crippen LogP contribution >= 0.6 is 23.2 Å². The predicted molar refractivity (Wildman–Crippen MR) is 60.7 cm³/mol. The number of hydrogen-bond acceptors (Lipinski definition) is 0. The van der Waals surface area contributed by atoms with Crippen molar-refractivity contribution >= 4 is 23.2 Å². The Kier molecular flexibility index (Phi) is 2.76. The van der Waals surface area contributed by atoms with Gasteiger partial charge in [0.2, 0.25) is 0 Å². The van der Waals surface area contributed by atoms with E-state index >= 15 is 0 Å². The summed E-state index contributed by atoms with van der Waals surface area (Å²) in [6, 6.07) is 16.2. The zero-order valence-corrected chi connectivity index (χ0v) is 8.81. The van der Waals surface area contributed by atoms with Gasteiger partial charge >= 0.3 is 0 Å². The van der Waals surface area contributed by atoms with Gasteiger partial charge in [-0.1, -0.05) is 53.5 Å². The van der Waals surface area contributed by atoms with E-state index in [0.29, 0.717) is 10.0 Å². The molecule has 1 radical (unpaired) electrons. The summed E-state index contributed by atoms with van der Waals surface area (Å²) in [5.74, 6) is 0. The second kappa shape index (κ2) is 4.04. The number of rotatable bonds is 1. The van der Waals surface area contributed by atoms with Crippen molar-refractivity contribution in [3.63, 3.8) is 0 Å². The molecule has 0 spiro atoms. The molecule has 0 atom stereocenters. The van der Waals surface area contributed by atoms with E-state index in [0.717, 1.165) is 11.1 Å². The highest BCUT2D eigenvalue weighted by Gasteiger charge is 2.06. The molecule has 0 bridgehead atoms. The Hall–Kier alpha value is -0.980. The van der Waals surface area contributed by atoms with Crippen molar-refractivity contribution in [3.8, 4) is 11.1 Å². The van der Waals surface area contributed by atoms with Gasteiger partial charge in [0.15, 0.2) is 0 Å². The van der Waals surface area contributed by atoms with Crippen molar-refractivity contribution in [2.24, 2.45) is 0 Å². The highest BCUT2D eigenvalue weighted by Crippen LogP contribution is 2.33. The van der Waals surface area contributed by atoms with E-state index < -0.39 is 0 Å². The molecule has 2 heteroatoms. The van der Waals surface area contributed by atoms with Crippen LogP contribution < -0.4 is 0 Å². The maximum atomic E-state index is 6.06. The Morgan fingerprint density at radius 3 is 2.14 bits per heavy atom. The standard InChI is InChI=1S/C12H7Cl2/c13-10-7-4-8-11(14)12(10)9-5-2-1-3-6-9/h1-5,7-8H. The SMILES string of the molecule is Clc1cccc(Cl)c1-c1[c]cccc1. The fourth-order valence-corrected chi connectivity index (χ4v) is 1.91. The van der Waals surface area contributed by atoms with Crippen LogP contribution in [0.4, 0.5) is 0 Å². The summed E-state index contributed by atoms with van der Waals surface area (Å²) in [5, 5.41) is 1.31. The van der Waals surface area contributed by atoms with Gasteiger partial charge in [0.1, 0.15) is 0 Å². The molecular weight excluding hydrogens is 215 g/mol. The Balaban J connectivity index is 2.63. The third-order valence-electron chi connectivity index (χ3n) is 1.94. The first-order valence-electron chi connectivity index (χ1n) is 4.20. The van der Waals surface area contributed by atoms with E-state index in [-0.39, 0.29) is 0 Å². The van der Waals surface area contributed by atoms with Crippen LogP contribution in [-0.4, -0.2) is 0 Å². The van der Waals surface area contributed by atoms with Gasteiger partial charge in [-0.2, -0.15) is 0 Å². The lowest BCUT2D eigenvalue weighted by Crippen LogP contribution is -1.80. The van der Waals surface area contributed by atoms with Crippen LogP contribution in [0.15, 0.2) is 42.5 Å². The monoisotopic (exact) mass is 221 g/mol. The molecule has 0 fully saturated rings. The summed E-state index contributed by atoms with van der Waals surface area (Å²) >= 11 is 12.1. The van der Waals surface area contributed by atoms with Gasteiger partial charge in [0.25, 0.3) is 0 Å². The predicted octanol–water partition coefficient (Wildman–Crippen LogP) is 4.46. The van der Waals surface area contributed by atoms with E-state index in [2.05, 4.69) is 6.07 Å². The van der Waals surface area contributed by atoms with Gasteiger partial charge in [-0.3, -0.25) is 0 Å². The molecule has 0 saturated heterocycles. The molecule has 14 heavy (non-hydrogen) atoms. The molecule has 2 aromatic carbocycles. The lowest BCUT2D eigenvalue weighted by Gasteiger charge is -2.05. The maximum absolute atomic E-state index is 6.06. The van der Waals surface area contributed by atoms with Gasteiger partial charge in [-0.15, -0.1) is 0 Å². The van der Waals surface area contributed by atoms with E-state index in [1.54, 1.807) is 0 Å². The van der Waals surface area contributed by atoms with Crippen LogP contribution in [0.5, 0.6) is 0 Å². The van der Waals surface area contributed by atoms with E-state index in [9.17, 15) is 0 Å². The molecule has 0 N–H and O–H groups in total. The second-order valence-electron chi connectivity index (χ2n) is 2.87. The summed E-state index contributed by atoms with van der Waals surface area (Å²) in [4.78, 5) is 0. The summed E-state index contributed by atoms with van der Waals surface area (Å²) < 4.78 is 0. The Labute approximate surface area is 93.1 Å². The number of hydrogen-bond donors (Lipinski definition) is 0.